The number of aliphatic hydroxyl groups excluding tert-OH is 1. The van der Waals surface area contributed by atoms with Crippen molar-refractivity contribution in [3.8, 4) is 0 Å². The van der Waals surface area contributed by atoms with E-state index in [1.807, 2.05) is 18.9 Å². The van der Waals surface area contributed by atoms with Crippen LogP contribution in [0.25, 0.3) is 0 Å². The number of nitrogens with zero attached hydrogens (tertiary/aromatic N) is 2. The van der Waals surface area contributed by atoms with Gasteiger partial charge in [0.25, 0.3) is 0 Å². The Morgan fingerprint density at radius 3 is 2.48 bits per heavy atom. The minimum absolute atomic E-state index is 0.0540. The number of carboxylic acid groups (broad SMARTS) is 1. The van der Waals surface area contributed by atoms with E-state index in [-0.39, 0.29) is 40.6 Å². The summed E-state index contributed by atoms with van der Waals surface area (Å²) in [7, 11) is 1.90. The zero-order valence-corrected chi connectivity index (χ0v) is 15.6. The van der Waals surface area contributed by atoms with Crippen LogP contribution in [-0.2, 0) is 14.4 Å². The van der Waals surface area contributed by atoms with Gasteiger partial charge in [0.05, 0.1) is 24.1 Å². The van der Waals surface area contributed by atoms with Crippen molar-refractivity contribution in [1.29, 1.82) is 0 Å². The Labute approximate surface area is 151 Å². The van der Waals surface area contributed by atoms with Gasteiger partial charge in [0.1, 0.15) is 11.5 Å². The monoisotopic (exact) mass is 368 g/mol. The fourth-order valence-electron chi connectivity index (χ4n) is 4.37. The van der Waals surface area contributed by atoms with Gasteiger partial charge in [-0.2, -0.15) is 0 Å². The lowest BCUT2D eigenvalue weighted by Crippen LogP contribution is -2.63. The molecule has 3 rings (SSSR count). The number of likely N-dealkylation sites (tertiary alicyclic amines) is 1. The van der Waals surface area contributed by atoms with Crippen molar-refractivity contribution in [1.82, 2.24) is 9.80 Å². The molecule has 25 heavy (non-hydrogen) atoms. The molecule has 0 spiro atoms. The number of Topliss-reactive ketones (excluding diaryl/α,β-unsaturated/α-hetero) is 1. The van der Waals surface area contributed by atoms with E-state index < -0.39 is 18.0 Å². The highest BCUT2D eigenvalue weighted by Crippen LogP contribution is 2.52. The highest BCUT2D eigenvalue weighted by molar-refractivity contribution is 8.03. The van der Waals surface area contributed by atoms with Gasteiger partial charge in [-0.3, -0.25) is 14.5 Å². The molecule has 0 bridgehead atoms. The Morgan fingerprint density at radius 2 is 2.00 bits per heavy atom. The minimum atomic E-state index is -1.11. The van der Waals surface area contributed by atoms with Gasteiger partial charge in [-0.15, -0.1) is 11.8 Å². The molecule has 1 amide bonds. The van der Waals surface area contributed by atoms with Gasteiger partial charge in [0.15, 0.2) is 0 Å². The first-order valence-corrected chi connectivity index (χ1v) is 9.39. The van der Waals surface area contributed by atoms with E-state index in [0.717, 1.165) is 0 Å². The van der Waals surface area contributed by atoms with E-state index in [0.29, 0.717) is 17.9 Å². The second kappa shape index (κ2) is 6.41. The first-order valence-electron chi connectivity index (χ1n) is 8.51. The van der Waals surface area contributed by atoms with Crippen LogP contribution in [-0.4, -0.2) is 74.7 Å². The van der Waals surface area contributed by atoms with Crippen molar-refractivity contribution in [3.05, 3.63) is 10.6 Å². The highest BCUT2D eigenvalue weighted by Gasteiger charge is 2.60. The van der Waals surface area contributed by atoms with Crippen LogP contribution in [0.5, 0.6) is 0 Å². The van der Waals surface area contributed by atoms with Gasteiger partial charge in [-0.1, -0.05) is 6.92 Å². The highest BCUT2D eigenvalue weighted by atomic mass is 32.2. The van der Waals surface area contributed by atoms with E-state index in [4.69, 9.17) is 0 Å². The predicted molar refractivity (Wildman–Crippen MR) is 92.7 cm³/mol. The van der Waals surface area contributed by atoms with Gasteiger partial charge in [-0.25, -0.2) is 4.79 Å². The zero-order valence-electron chi connectivity index (χ0n) is 14.8. The molecule has 7 nitrogen and oxygen atoms in total. The number of aliphatic hydroxyl groups is 1. The SMILES string of the molecule is CC(=O)C1CC(SC2=C(C(=O)O)N3C(=O)C(C(C)O)C3C2C)CN1C. The number of carbonyl (C=O) groups is 3. The average molecular weight is 368 g/mol. The maximum absolute atomic E-state index is 12.3. The first kappa shape index (κ1) is 18.4. The molecule has 0 radical (unpaired) electrons. The van der Waals surface area contributed by atoms with Crippen molar-refractivity contribution >= 4 is 29.4 Å². The maximum atomic E-state index is 12.3. The minimum Gasteiger partial charge on any atom is -0.477 e. The average Bonchev–Trinajstić information content (AvgIpc) is 2.97. The molecular weight excluding hydrogens is 344 g/mol. The summed E-state index contributed by atoms with van der Waals surface area (Å²) in [6.45, 7) is 5.77. The number of amides is 1. The lowest BCUT2D eigenvalue weighted by Gasteiger charge is -2.46. The second-order valence-corrected chi connectivity index (χ2v) is 8.66. The van der Waals surface area contributed by atoms with Gasteiger partial charge < -0.3 is 15.1 Å². The Bertz CT molecular complexity index is 661. The molecule has 2 fully saturated rings. The number of β-lactam (4-membered cyclic amide) rings is 1. The van der Waals surface area contributed by atoms with Crippen LogP contribution in [0.1, 0.15) is 27.2 Å². The number of ketones is 1. The third kappa shape index (κ3) is 2.80. The number of carbonyl (C=O) groups excluding carboxylic acids is 2. The number of fused-ring (bicyclic) bond motifs is 1. The summed E-state index contributed by atoms with van der Waals surface area (Å²) in [5.74, 6) is -1.98. The summed E-state index contributed by atoms with van der Waals surface area (Å²) >= 11 is 1.48. The molecule has 0 aromatic rings. The standard InChI is InChI=1S/C17H24N2O5S/c1-7-13-12(9(3)21)16(22)19(13)14(17(23)24)15(7)25-10-5-11(8(2)20)18(4)6-10/h7,9-13,21H,5-6H2,1-4H3,(H,23,24). The van der Waals surface area contributed by atoms with Gasteiger partial charge in [0, 0.05) is 22.6 Å². The van der Waals surface area contributed by atoms with E-state index >= 15 is 0 Å². The van der Waals surface area contributed by atoms with Crippen molar-refractivity contribution in [2.45, 2.75) is 50.6 Å². The number of hydrogen-bond donors (Lipinski definition) is 2. The van der Waals surface area contributed by atoms with Crippen LogP contribution in [0.3, 0.4) is 0 Å². The number of aliphatic carboxylic acids is 1. The Hall–Kier alpha value is -1.38. The lowest BCUT2D eigenvalue weighted by atomic mass is 9.79. The molecule has 8 heteroatoms. The third-order valence-corrected chi connectivity index (χ3v) is 7.08. The van der Waals surface area contributed by atoms with Crippen molar-refractivity contribution in [3.63, 3.8) is 0 Å². The van der Waals surface area contributed by atoms with E-state index in [2.05, 4.69) is 0 Å². The Kier molecular flexibility index (Phi) is 4.72. The summed E-state index contributed by atoms with van der Waals surface area (Å²) in [5.41, 5.74) is 0.0540. The molecule has 3 heterocycles. The fraction of sp³-hybridized carbons (Fsp3) is 0.706. The zero-order chi connectivity index (χ0) is 18.6. The maximum Gasteiger partial charge on any atom is 0.353 e. The van der Waals surface area contributed by atoms with Gasteiger partial charge in [-0.05, 0) is 27.3 Å². The Balaban J connectivity index is 1.84. The van der Waals surface area contributed by atoms with Crippen molar-refractivity contribution < 1.29 is 24.6 Å². The smallest absolute Gasteiger partial charge is 0.353 e. The molecule has 0 aromatic carbocycles. The number of rotatable bonds is 5. The molecular formula is C17H24N2O5S. The number of hydrogen-bond acceptors (Lipinski definition) is 6. The summed E-state index contributed by atoms with van der Waals surface area (Å²) in [6.07, 6.45) is -0.117. The number of thioether (sulfide) groups is 1. The molecule has 0 saturated carbocycles. The van der Waals surface area contributed by atoms with Crippen LogP contribution in [0, 0.1) is 11.8 Å². The third-order valence-electron chi connectivity index (χ3n) is 5.58. The van der Waals surface area contributed by atoms with Crippen LogP contribution < -0.4 is 0 Å². The molecule has 3 aliphatic heterocycles. The molecule has 2 N–H and O–H groups in total. The molecule has 6 unspecified atom stereocenters. The van der Waals surface area contributed by atoms with Crippen LogP contribution >= 0.6 is 11.8 Å². The van der Waals surface area contributed by atoms with Crippen molar-refractivity contribution in [2.24, 2.45) is 11.8 Å². The van der Waals surface area contributed by atoms with Crippen molar-refractivity contribution in [2.75, 3.05) is 13.6 Å². The summed E-state index contributed by atoms with van der Waals surface area (Å²) in [5, 5.41) is 19.6. The summed E-state index contributed by atoms with van der Waals surface area (Å²) in [4.78, 5) is 39.9. The van der Waals surface area contributed by atoms with Gasteiger partial charge in [0.2, 0.25) is 5.91 Å². The molecule has 0 aromatic heterocycles. The normalized spacial score (nSPS) is 36.4. The summed E-state index contributed by atoms with van der Waals surface area (Å²) < 4.78 is 0. The first-order chi connectivity index (χ1) is 11.6. The molecule has 6 atom stereocenters. The number of likely N-dealkylation sites (N-methyl/N-ethyl adjacent to an activating group) is 1. The molecule has 3 aliphatic rings. The predicted octanol–water partition coefficient (Wildman–Crippen LogP) is 0.535. The van der Waals surface area contributed by atoms with Gasteiger partial charge >= 0.3 is 5.97 Å². The fourth-order valence-corrected chi connectivity index (χ4v) is 5.97. The molecule has 2 saturated heterocycles. The quantitative estimate of drug-likeness (QED) is 0.683. The lowest BCUT2D eigenvalue weighted by molar-refractivity contribution is -0.163. The Morgan fingerprint density at radius 1 is 1.36 bits per heavy atom. The van der Waals surface area contributed by atoms with Crippen LogP contribution in [0.15, 0.2) is 10.6 Å². The number of carboxylic acids is 1. The topological polar surface area (TPSA) is 98.2 Å². The van der Waals surface area contributed by atoms with E-state index in [9.17, 15) is 24.6 Å². The van der Waals surface area contributed by atoms with Crippen LogP contribution in [0.4, 0.5) is 0 Å². The van der Waals surface area contributed by atoms with Crippen LogP contribution in [0.2, 0.25) is 0 Å². The largest absolute Gasteiger partial charge is 0.477 e. The van der Waals surface area contributed by atoms with E-state index in [1.54, 1.807) is 13.8 Å². The molecule has 0 aliphatic carbocycles. The summed E-state index contributed by atoms with van der Waals surface area (Å²) in [6, 6.07) is -0.421. The second-order valence-electron chi connectivity index (χ2n) is 7.31. The van der Waals surface area contributed by atoms with E-state index in [1.165, 1.54) is 16.7 Å². The molecule has 138 valence electrons.